The Morgan fingerprint density at radius 1 is 1.17 bits per heavy atom. The molecule has 0 bridgehead atoms. The van der Waals surface area contributed by atoms with Crippen LogP contribution in [0.1, 0.15) is 16.7 Å². The predicted octanol–water partition coefficient (Wildman–Crippen LogP) is 4.15. The molecule has 0 aliphatic rings. The number of amides is 1. The van der Waals surface area contributed by atoms with E-state index in [2.05, 4.69) is 22.2 Å². The first-order chi connectivity index (χ1) is 11.5. The second-order valence-corrected chi connectivity index (χ2v) is 6.27. The molecule has 0 saturated carbocycles. The highest BCUT2D eigenvalue weighted by molar-refractivity contribution is 7.99. The SMILES string of the molecule is Cc1ccc(CSCC(=O)NCc2cccc(OC(F)F)c2)cc1. The second-order valence-electron chi connectivity index (χ2n) is 5.28. The summed E-state index contributed by atoms with van der Waals surface area (Å²) in [4.78, 5) is 11.8. The Hall–Kier alpha value is -2.08. The molecule has 3 nitrogen and oxygen atoms in total. The lowest BCUT2D eigenvalue weighted by Crippen LogP contribution is -2.24. The summed E-state index contributed by atoms with van der Waals surface area (Å²) in [6, 6.07) is 14.5. The van der Waals surface area contributed by atoms with Gasteiger partial charge in [0.05, 0.1) is 5.75 Å². The zero-order chi connectivity index (χ0) is 17.4. The largest absolute Gasteiger partial charge is 0.435 e. The molecule has 1 N–H and O–H groups in total. The number of thioether (sulfide) groups is 1. The van der Waals surface area contributed by atoms with E-state index in [1.54, 1.807) is 12.1 Å². The fourth-order valence-corrected chi connectivity index (χ4v) is 2.85. The summed E-state index contributed by atoms with van der Waals surface area (Å²) in [7, 11) is 0. The molecule has 6 heteroatoms. The Morgan fingerprint density at radius 2 is 1.92 bits per heavy atom. The van der Waals surface area contributed by atoms with Gasteiger partial charge in [-0.2, -0.15) is 8.78 Å². The minimum absolute atomic E-state index is 0.0884. The number of halogens is 2. The number of carbonyl (C=O) groups excluding carboxylic acids is 1. The molecule has 0 unspecified atom stereocenters. The van der Waals surface area contributed by atoms with Gasteiger partial charge in [-0.1, -0.05) is 42.0 Å². The van der Waals surface area contributed by atoms with Crippen LogP contribution in [0.4, 0.5) is 8.78 Å². The standard InChI is InChI=1S/C18H19F2NO2S/c1-13-5-7-14(8-6-13)11-24-12-17(22)21-10-15-3-2-4-16(9-15)23-18(19)20/h2-9,18H,10-12H2,1H3,(H,21,22). The van der Waals surface area contributed by atoms with Crippen LogP contribution in [0.3, 0.4) is 0 Å². The van der Waals surface area contributed by atoms with Crippen LogP contribution in [0.25, 0.3) is 0 Å². The van der Waals surface area contributed by atoms with Crippen molar-refractivity contribution in [3.05, 3.63) is 65.2 Å². The molecule has 0 fully saturated rings. The smallest absolute Gasteiger partial charge is 0.387 e. The average Bonchev–Trinajstić information content (AvgIpc) is 2.54. The molecule has 0 atom stereocenters. The van der Waals surface area contributed by atoms with Crippen molar-refractivity contribution < 1.29 is 18.3 Å². The molecule has 0 saturated heterocycles. The summed E-state index contributed by atoms with van der Waals surface area (Å²) in [5.41, 5.74) is 3.10. The first-order valence-corrected chi connectivity index (χ1v) is 8.62. The van der Waals surface area contributed by atoms with E-state index in [0.717, 1.165) is 5.75 Å². The lowest BCUT2D eigenvalue weighted by molar-refractivity contribution is -0.118. The maximum Gasteiger partial charge on any atom is 0.387 e. The monoisotopic (exact) mass is 351 g/mol. The molecular formula is C18H19F2NO2S. The number of carbonyl (C=O) groups is 1. The van der Waals surface area contributed by atoms with Gasteiger partial charge >= 0.3 is 6.61 Å². The van der Waals surface area contributed by atoms with Crippen molar-refractivity contribution in [3.63, 3.8) is 0 Å². The van der Waals surface area contributed by atoms with E-state index in [-0.39, 0.29) is 18.2 Å². The highest BCUT2D eigenvalue weighted by atomic mass is 32.2. The Bertz CT molecular complexity index is 662. The number of alkyl halides is 2. The van der Waals surface area contributed by atoms with Gasteiger partial charge in [0.25, 0.3) is 0 Å². The molecule has 128 valence electrons. The first kappa shape index (κ1) is 18.3. The summed E-state index contributed by atoms with van der Waals surface area (Å²) in [5.74, 6) is 1.12. The number of rotatable bonds is 8. The number of hydrogen-bond donors (Lipinski definition) is 1. The topological polar surface area (TPSA) is 38.3 Å². The molecule has 0 aromatic heterocycles. The van der Waals surface area contributed by atoms with Crippen molar-refractivity contribution in [3.8, 4) is 5.75 Å². The van der Waals surface area contributed by atoms with Crippen LogP contribution in [0.5, 0.6) is 5.75 Å². The van der Waals surface area contributed by atoms with Gasteiger partial charge < -0.3 is 10.1 Å². The van der Waals surface area contributed by atoms with Crippen molar-refractivity contribution in [2.24, 2.45) is 0 Å². The normalized spacial score (nSPS) is 10.7. The molecule has 2 aromatic carbocycles. The quantitative estimate of drug-likeness (QED) is 0.777. The van der Waals surface area contributed by atoms with Crippen LogP contribution < -0.4 is 10.1 Å². The molecule has 0 aliphatic heterocycles. The van der Waals surface area contributed by atoms with Gasteiger partial charge in [-0.15, -0.1) is 11.8 Å². The minimum Gasteiger partial charge on any atom is -0.435 e. The summed E-state index contributed by atoms with van der Waals surface area (Å²) in [6.07, 6.45) is 0. The third-order valence-electron chi connectivity index (χ3n) is 3.24. The maximum absolute atomic E-state index is 12.2. The molecule has 0 aliphatic carbocycles. The Kier molecular flexibility index (Phi) is 7.06. The van der Waals surface area contributed by atoms with Gasteiger partial charge in [0.2, 0.25) is 5.91 Å². The minimum atomic E-state index is -2.85. The molecular weight excluding hydrogens is 332 g/mol. The Labute approximate surface area is 144 Å². The van der Waals surface area contributed by atoms with E-state index in [1.165, 1.54) is 35.0 Å². The van der Waals surface area contributed by atoms with E-state index in [4.69, 9.17) is 0 Å². The van der Waals surface area contributed by atoms with Crippen molar-refractivity contribution in [2.75, 3.05) is 5.75 Å². The number of benzene rings is 2. The molecule has 2 rings (SSSR count). The maximum atomic E-state index is 12.2. The van der Waals surface area contributed by atoms with E-state index >= 15 is 0 Å². The van der Waals surface area contributed by atoms with Crippen molar-refractivity contribution in [1.82, 2.24) is 5.32 Å². The first-order valence-electron chi connectivity index (χ1n) is 7.46. The second kappa shape index (κ2) is 9.27. The average molecular weight is 351 g/mol. The molecule has 1 amide bonds. The Morgan fingerprint density at radius 3 is 2.62 bits per heavy atom. The molecule has 0 spiro atoms. The number of aryl methyl sites for hydroxylation is 1. The third kappa shape index (κ3) is 6.58. The summed E-state index contributed by atoms with van der Waals surface area (Å²) >= 11 is 1.53. The Balaban J connectivity index is 1.72. The van der Waals surface area contributed by atoms with Gasteiger partial charge in [-0.25, -0.2) is 0 Å². The third-order valence-corrected chi connectivity index (χ3v) is 4.24. The van der Waals surface area contributed by atoms with Crippen molar-refractivity contribution >= 4 is 17.7 Å². The van der Waals surface area contributed by atoms with Gasteiger partial charge in [0.15, 0.2) is 0 Å². The molecule has 24 heavy (non-hydrogen) atoms. The summed E-state index contributed by atoms with van der Waals surface area (Å²) in [5, 5.41) is 2.77. The predicted molar refractivity (Wildman–Crippen MR) is 92.3 cm³/mol. The van der Waals surface area contributed by atoms with Crippen LogP contribution in [0.2, 0.25) is 0 Å². The zero-order valence-corrected chi connectivity index (χ0v) is 14.1. The highest BCUT2D eigenvalue weighted by Gasteiger charge is 2.06. The van der Waals surface area contributed by atoms with Gasteiger partial charge in [0, 0.05) is 12.3 Å². The van der Waals surface area contributed by atoms with Crippen molar-refractivity contribution in [1.29, 1.82) is 0 Å². The van der Waals surface area contributed by atoms with Crippen LogP contribution in [-0.2, 0) is 17.1 Å². The van der Waals surface area contributed by atoms with Crippen LogP contribution in [-0.4, -0.2) is 18.3 Å². The zero-order valence-electron chi connectivity index (χ0n) is 13.3. The van der Waals surface area contributed by atoms with Gasteiger partial charge in [-0.05, 0) is 30.2 Å². The molecule has 0 heterocycles. The molecule has 0 radical (unpaired) electrons. The van der Waals surface area contributed by atoms with Crippen LogP contribution >= 0.6 is 11.8 Å². The lowest BCUT2D eigenvalue weighted by atomic mass is 10.2. The fraction of sp³-hybridized carbons (Fsp3) is 0.278. The lowest BCUT2D eigenvalue weighted by Gasteiger charge is -2.08. The fourth-order valence-electron chi connectivity index (χ4n) is 2.03. The number of nitrogens with one attached hydrogen (secondary N) is 1. The number of ether oxygens (including phenoxy) is 1. The van der Waals surface area contributed by atoms with E-state index in [9.17, 15) is 13.6 Å². The summed E-state index contributed by atoms with van der Waals surface area (Å²) < 4.78 is 28.7. The number of hydrogen-bond acceptors (Lipinski definition) is 3. The van der Waals surface area contributed by atoms with E-state index in [1.807, 2.05) is 19.1 Å². The summed E-state index contributed by atoms with van der Waals surface area (Å²) in [6.45, 7) is -0.538. The molecule has 2 aromatic rings. The van der Waals surface area contributed by atoms with E-state index in [0.29, 0.717) is 11.3 Å². The van der Waals surface area contributed by atoms with Gasteiger partial charge in [-0.3, -0.25) is 4.79 Å². The van der Waals surface area contributed by atoms with Crippen molar-refractivity contribution in [2.45, 2.75) is 25.8 Å². The highest BCUT2D eigenvalue weighted by Crippen LogP contribution is 2.16. The van der Waals surface area contributed by atoms with Crippen LogP contribution in [0.15, 0.2) is 48.5 Å². The van der Waals surface area contributed by atoms with E-state index < -0.39 is 6.61 Å². The van der Waals surface area contributed by atoms with Gasteiger partial charge in [0.1, 0.15) is 5.75 Å². The van der Waals surface area contributed by atoms with Crippen LogP contribution in [0, 0.1) is 6.92 Å².